The van der Waals surface area contributed by atoms with Gasteiger partial charge in [-0.05, 0) is 69.5 Å². The topological polar surface area (TPSA) is 60.3 Å². The van der Waals surface area contributed by atoms with Gasteiger partial charge in [0.1, 0.15) is 0 Å². The molecule has 3 rings (SSSR count). The van der Waals surface area contributed by atoms with Crippen LogP contribution < -0.4 is 9.64 Å². The second-order valence-corrected chi connectivity index (χ2v) is 6.98. The Bertz CT molecular complexity index is 987. The van der Waals surface area contributed by atoms with E-state index in [2.05, 4.69) is 16.1 Å². The summed E-state index contributed by atoms with van der Waals surface area (Å²) in [5.41, 5.74) is 5.88. The number of rotatable bonds is 5. The maximum Gasteiger partial charge on any atom is 0.264 e. The van der Waals surface area contributed by atoms with Crippen LogP contribution in [-0.4, -0.2) is 33.8 Å². The number of anilines is 1. The van der Waals surface area contributed by atoms with E-state index >= 15 is 0 Å². The molecule has 0 N–H and O–H groups in total. The molecular formula is C21H26N4O2. The molecule has 0 aliphatic rings. The summed E-state index contributed by atoms with van der Waals surface area (Å²) in [6.45, 7) is 10.5. The summed E-state index contributed by atoms with van der Waals surface area (Å²) in [5, 5.41) is 5.26. The second-order valence-electron chi connectivity index (χ2n) is 6.98. The van der Waals surface area contributed by atoms with Gasteiger partial charge >= 0.3 is 0 Å². The van der Waals surface area contributed by atoms with Crippen LogP contribution >= 0.6 is 0 Å². The number of aryl methyl sites for hydroxylation is 5. The summed E-state index contributed by atoms with van der Waals surface area (Å²) in [5.74, 6) is 0.348. The average Bonchev–Trinajstić information content (AvgIpc) is 2.89. The lowest BCUT2D eigenvalue weighted by molar-refractivity contribution is -0.120. The quantitative estimate of drug-likeness (QED) is 0.692. The van der Waals surface area contributed by atoms with Crippen LogP contribution in [-0.2, 0) is 11.8 Å². The predicted molar refractivity (Wildman–Crippen MR) is 107 cm³/mol. The number of carbonyl (C=O) groups excluding carboxylic acids is 1. The molecule has 0 unspecified atom stereocenters. The van der Waals surface area contributed by atoms with Crippen molar-refractivity contribution in [1.29, 1.82) is 0 Å². The van der Waals surface area contributed by atoms with Gasteiger partial charge in [-0.2, -0.15) is 0 Å². The highest BCUT2D eigenvalue weighted by molar-refractivity contribution is 5.95. The zero-order valence-corrected chi connectivity index (χ0v) is 16.8. The van der Waals surface area contributed by atoms with Crippen molar-refractivity contribution in [3.05, 3.63) is 46.6 Å². The molecule has 0 aliphatic heterocycles. The zero-order chi connectivity index (χ0) is 19.7. The lowest BCUT2D eigenvalue weighted by atomic mass is 10.1. The molecule has 142 valence electrons. The third-order valence-corrected chi connectivity index (χ3v) is 4.55. The van der Waals surface area contributed by atoms with Crippen LogP contribution in [0, 0.1) is 27.7 Å². The first-order valence-corrected chi connectivity index (χ1v) is 9.12. The van der Waals surface area contributed by atoms with Gasteiger partial charge in [0.2, 0.25) is 5.88 Å². The number of aromatic nitrogens is 3. The highest BCUT2D eigenvalue weighted by atomic mass is 16.5. The summed E-state index contributed by atoms with van der Waals surface area (Å²) in [6, 6.07) is 8.12. The summed E-state index contributed by atoms with van der Waals surface area (Å²) in [4.78, 5) is 19.1. The molecule has 0 atom stereocenters. The minimum Gasteiger partial charge on any atom is -0.466 e. The van der Waals surface area contributed by atoms with E-state index in [1.165, 1.54) is 0 Å². The van der Waals surface area contributed by atoms with Gasteiger partial charge in [-0.1, -0.05) is 6.07 Å². The molecule has 0 bridgehead atoms. The predicted octanol–water partition coefficient (Wildman–Crippen LogP) is 3.63. The molecule has 1 amide bonds. The van der Waals surface area contributed by atoms with Gasteiger partial charge < -0.3 is 9.64 Å². The van der Waals surface area contributed by atoms with Gasteiger partial charge in [0.25, 0.3) is 5.91 Å². The summed E-state index contributed by atoms with van der Waals surface area (Å²) in [6.07, 6.45) is 0. The van der Waals surface area contributed by atoms with E-state index in [4.69, 9.17) is 4.74 Å². The number of hydrogen-bond donors (Lipinski definition) is 0. The van der Waals surface area contributed by atoms with Crippen LogP contribution in [0.3, 0.4) is 0 Å². The molecule has 2 heterocycles. The molecule has 0 radical (unpaired) electrons. The molecule has 2 aromatic heterocycles. The molecule has 6 nitrogen and oxygen atoms in total. The number of fused-ring (bicyclic) bond motifs is 1. The largest absolute Gasteiger partial charge is 0.466 e. The van der Waals surface area contributed by atoms with Crippen molar-refractivity contribution in [2.45, 2.75) is 34.6 Å². The minimum absolute atomic E-state index is 0.0692. The van der Waals surface area contributed by atoms with Gasteiger partial charge in [-0.3, -0.25) is 4.79 Å². The Balaban J connectivity index is 1.83. The molecule has 27 heavy (non-hydrogen) atoms. The normalized spacial score (nSPS) is 11.0. The molecule has 0 saturated carbocycles. The van der Waals surface area contributed by atoms with E-state index in [9.17, 15) is 4.79 Å². The van der Waals surface area contributed by atoms with E-state index in [0.717, 1.165) is 39.1 Å². The van der Waals surface area contributed by atoms with Gasteiger partial charge in [0, 0.05) is 25.0 Å². The molecule has 0 aliphatic carbocycles. The molecule has 0 saturated heterocycles. The minimum atomic E-state index is -0.0981. The van der Waals surface area contributed by atoms with Crippen molar-refractivity contribution in [3.8, 4) is 5.88 Å². The smallest absolute Gasteiger partial charge is 0.264 e. The summed E-state index contributed by atoms with van der Waals surface area (Å²) in [7, 11) is 1.83. The Hall–Kier alpha value is -2.89. The number of pyridine rings is 1. The molecular weight excluding hydrogens is 340 g/mol. The summed E-state index contributed by atoms with van der Waals surface area (Å²) < 4.78 is 7.52. The SMILES string of the molecule is CCN(C(=O)COc1nn(C)c2nc(C)cc(C)c12)c1cc(C)cc(C)c1. The highest BCUT2D eigenvalue weighted by Gasteiger charge is 2.19. The molecule has 0 fully saturated rings. The Labute approximate surface area is 159 Å². The zero-order valence-electron chi connectivity index (χ0n) is 16.8. The number of ether oxygens (including phenoxy) is 1. The number of benzene rings is 1. The van der Waals surface area contributed by atoms with Gasteiger partial charge in [-0.15, -0.1) is 5.10 Å². The Morgan fingerprint density at radius 3 is 2.41 bits per heavy atom. The second kappa shape index (κ2) is 7.39. The first kappa shape index (κ1) is 18.9. The van der Waals surface area contributed by atoms with Crippen LogP contribution in [0.5, 0.6) is 5.88 Å². The van der Waals surface area contributed by atoms with Crippen LogP contribution in [0.1, 0.15) is 29.3 Å². The van der Waals surface area contributed by atoms with Crippen molar-refractivity contribution in [1.82, 2.24) is 14.8 Å². The number of carbonyl (C=O) groups is 1. The molecule has 6 heteroatoms. The van der Waals surface area contributed by atoms with Crippen molar-refractivity contribution in [2.24, 2.45) is 7.05 Å². The van der Waals surface area contributed by atoms with Gasteiger partial charge in [0.05, 0.1) is 5.39 Å². The number of hydrogen-bond acceptors (Lipinski definition) is 4. The molecule has 0 spiro atoms. The maximum atomic E-state index is 12.8. The fourth-order valence-corrected chi connectivity index (χ4v) is 3.47. The standard InChI is InChI=1S/C21H26N4O2/c1-7-25(17-9-13(2)8-14(3)10-17)18(26)12-27-21-19-15(4)11-16(5)22-20(19)24(6)23-21/h8-11H,7,12H2,1-6H3. The fraction of sp³-hybridized carbons (Fsp3) is 0.381. The van der Waals surface area contributed by atoms with E-state index in [0.29, 0.717) is 12.4 Å². The van der Waals surface area contributed by atoms with Crippen LogP contribution in [0.4, 0.5) is 5.69 Å². The van der Waals surface area contributed by atoms with Gasteiger partial charge in [-0.25, -0.2) is 9.67 Å². The summed E-state index contributed by atoms with van der Waals surface area (Å²) >= 11 is 0. The number of nitrogens with zero attached hydrogens (tertiary/aromatic N) is 4. The van der Waals surface area contributed by atoms with E-state index in [1.807, 2.05) is 59.9 Å². The first-order valence-electron chi connectivity index (χ1n) is 9.12. The lowest BCUT2D eigenvalue weighted by Crippen LogP contribution is -2.35. The Morgan fingerprint density at radius 1 is 1.11 bits per heavy atom. The van der Waals surface area contributed by atoms with Gasteiger partial charge in [0.15, 0.2) is 12.3 Å². The van der Waals surface area contributed by atoms with E-state index in [-0.39, 0.29) is 12.5 Å². The lowest BCUT2D eigenvalue weighted by Gasteiger charge is -2.22. The molecule has 3 aromatic rings. The van der Waals surface area contributed by atoms with E-state index in [1.54, 1.807) is 9.58 Å². The number of likely N-dealkylation sites (N-methyl/N-ethyl adjacent to an activating group) is 1. The average molecular weight is 366 g/mol. The Morgan fingerprint density at radius 2 is 1.78 bits per heavy atom. The number of amides is 1. The van der Waals surface area contributed by atoms with E-state index < -0.39 is 0 Å². The maximum absolute atomic E-state index is 12.8. The van der Waals surface area contributed by atoms with Crippen molar-refractivity contribution < 1.29 is 9.53 Å². The third kappa shape index (κ3) is 3.79. The van der Waals surface area contributed by atoms with Crippen LogP contribution in [0.2, 0.25) is 0 Å². The highest BCUT2D eigenvalue weighted by Crippen LogP contribution is 2.27. The van der Waals surface area contributed by atoms with Crippen molar-refractivity contribution in [3.63, 3.8) is 0 Å². The Kier molecular flexibility index (Phi) is 5.17. The van der Waals surface area contributed by atoms with Crippen molar-refractivity contribution in [2.75, 3.05) is 18.1 Å². The third-order valence-electron chi connectivity index (χ3n) is 4.55. The molecule has 1 aromatic carbocycles. The van der Waals surface area contributed by atoms with Crippen LogP contribution in [0.15, 0.2) is 24.3 Å². The fourth-order valence-electron chi connectivity index (χ4n) is 3.47. The van der Waals surface area contributed by atoms with Crippen molar-refractivity contribution >= 4 is 22.6 Å². The van der Waals surface area contributed by atoms with Crippen LogP contribution in [0.25, 0.3) is 11.0 Å². The monoisotopic (exact) mass is 366 g/mol. The first-order chi connectivity index (χ1) is 12.8.